The van der Waals surface area contributed by atoms with Gasteiger partial charge in [-0.15, -0.1) is 11.3 Å². The molecule has 6 heteroatoms. The van der Waals surface area contributed by atoms with Gasteiger partial charge in [-0.25, -0.2) is 4.98 Å². The van der Waals surface area contributed by atoms with Crippen LogP contribution < -0.4 is 20.3 Å². The smallest absolute Gasteiger partial charge is 0.185 e. The van der Waals surface area contributed by atoms with Crippen LogP contribution in [0.1, 0.15) is 5.56 Å². The summed E-state index contributed by atoms with van der Waals surface area (Å²) in [5.74, 6) is 0.879. The summed E-state index contributed by atoms with van der Waals surface area (Å²) >= 11 is 1.70. The number of aromatic nitrogens is 1. The van der Waals surface area contributed by atoms with Crippen LogP contribution in [0.4, 0.5) is 10.8 Å². The number of anilines is 2. The van der Waals surface area contributed by atoms with E-state index in [0.29, 0.717) is 6.54 Å². The Morgan fingerprint density at radius 2 is 2.00 bits per heavy atom. The molecule has 1 aromatic carbocycles. The molecule has 0 radical (unpaired) electrons. The van der Waals surface area contributed by atoms with Crippen molar-refractivity contribution in [3.63, 3.8) is 0 Å². The first kappa shape index (κ1) is 14.2. The van der Waals surface area contributed by atoms with Crippen LogP contribution in [0.2, 0.25) is 0 Å². The van der Waals surface area contributed by atoms with Gasteiger partial charge in [0.1, 0.15) is 5.75 Å². The predicted molar refractivity (Wildman–Crippen MR) is 87.4 cm³/mol. The van der Waals surface area contributed by atoms with Crippen molar-refractivity contribution in [2.75, 3.05) is 43.1 Å². The monoisotopic (exact) mass is 304 g/mol. The van der Waals surface area contributed by atoms with Gasteiger partial charge in [0, 0.05) is 56.1 Å². The SMILES string of the molecule is COc1ccc(CN)c(N2CCN(c3nccs3)CC2)c1. The van der Waals surface area contributed by atoms with Gasteiger partial charge < -0.3 is 20.3 Å². The molecule has 0 unspecified atom stereocenters. The highest BCUT2D eigenvalue weighted by atomic mass is 32.1. The van der Waals surface area contributed by atoms with E-state index in [2.05, 4.69) is 26.9 Å². The summed E-state index contributed by atoms with van der Waals surface area (Å²) in [6.45, 7) is 4.45. The van der Waals surface area contributed by atoms with E-state index in [1.807, 2.05) is 17.6 Å². The van der Waals surface area contributed by atoms with Gasteiger partial charge in [-0.1, -0.05) is 6.07 Å². The minimum absolute atomic E-state index is 0.548. The van der Waals surface area contributed by atoms with Crippen molar-refractivity contribution in [2.45, 2.75) is 6.54 Å². The Morgan fingerprint density at radius 1 is 1.24 bits per heavy atom. The number of hydrogen-bond donors (Lipinski definition) is 1. The van der Waals surface area contributed by atoms with Crippen molar-refractivity contribution >= 4 is 22.2 Å². The van der Waals surface area contributed by atoms with Crippen molar-refractivity contribution < 1.29 is 4.74 Å². The van der Waals surface area contributed by atoms with Crippen LogP contribution in [0.15, 0.2) is 29.8 Å². The summed E-state index contributed by atoms with van der Waals surface area (Å²) < 4.78 is 5.34. The normalized spacial score (nSPS) is 15.3. The quantitative estimate of drug-likeness (QED) is 0.935. The lowest BCUT2D eigenvalue weighted by Gasteiger charge is -2.37. The Hall–Kier alpha value is -1.79. The highest BCUT2D eigenvalue weighted by Crippen LogP contribution is 2.28. The lowest BCUT2D eigenvalue weighted by Crippen LogP contribution is -2.46. The van der Waals surface area contributed by atoms with Crippen LogP contribution in [0.5, 0.6) is 5.75 Å². The number of nitrogens with two attached hydrogens (primary N) is 1. The number of methoxy groups -OCH3 is 1. The molecule has 112 valence electrons. The van der Waals surface area contributed by atoms with Crippen LogP contribution in [-0.2, 0) is 6.54 Å². The second-order valence-corrected chi connectivity index (χ2v) is 5.86. The molecule has 1 aliphatic rings. The molecule has 0 spiro atoms. The average Bonchev–Trinajstić information content (AvgIpc) is 3.09. The second kappa shape index (κ2) is 6.32. The van der Waals surface area contributed by atoms with Gasteiger partial charge in [-0.2, -0.15) is 0 Å². The molecule has 1 saturated heterocycles. The van der Waals surface area contributed by atoms with Gasteiger partial charge in [-0.3, -0.25) is 0 Å². The molecule has 2 N–H and O–H groups in total. The Labute approximate surface area is 129 Å². The molecule has 0 saturated carbocycles. The van der Waals surface area contributed by atoms with Gasteiger partial charge in [0.25, 0.3) is 0 Å². The zero-order chi connectivity index (χ0) is 14.7. The largest absolute Gasteiger partial charge is 0.497 e. The molecule has 1 aliphatic heterocycles. The third-order valence-electron chi connectivity index (χ3n) is 3.82. The molecule has 2 aromatic rings. The summed E-state index contributed by atoms with van der Waals surface area (Å²) in [6.07, 6.45) is 1.86. The Bertz CT molecular complexity index is 579. The molecule has 1 aromatic heterocycles. The van der Waals surface area contributed by atoms with Crippen molar-refractivity contribution in [2.24, 2.45) is 5.73 Å². The number of ether oxygens (including phenoxy) is 1. The van der Waals surface area contributed by atoms with E-state index in [9.17, 15) is 0 Å². The van der Waals surface area contributed by atoms with E-state index in [-0.39, 0.29) is 0 Å². The van der Waals surface area contributed by atoms with E-state index in [1.54, 1.807) is 18.4 Å². The predicted octanol–water partition coefficient (Wildman–Crippen LogP) is 1.94. The first-order valence-electron chi connectivity index (χ1n) is 7.08. The summed E-state index contributed by atoms with van der Waals surface area (Å²) in [4.78, 5) is 9.11. The van der Waals surface area contributed by atoms with Gasteiger partial charge in [-0.05, 0) is 11.6 Å². The molecule has 2 heterocycles. The summed E-state index contributed by atoms with van der Waals surface area (Å²) in [5, 5.41) is 3.13. The lowest BCUT2D eigenvalue weighted by atomic mass is 10.1. The van der Waals surface area contributed by atoms with Gasteiger partial charge in [0.05, 0.1) is 7.11 Å². The highest BCUT2D eigenvalue weighted by Gasteiger charge is 2.20. The first-order chi connectivity index (χ1) is 10.3. The van der Waals surface area contributed by atoms with E-state index >= 15 is 0 Å². The molecule has 21 heavy (non-hydrogen) atoms. The number of benzene rings is 1. The maximum Gasteiger partial charge on any atom is 0.185 e. The molecule has 5 nitrogen and oxygen atoms in total. The Balaban J connectivity index is 1.74. The fourth-order valence-corrected chi connectivity index (χ4v) is 3.35. The van der Waals surface area contributed by atoms with E-state index in [4.69, 9.17) is 10.5 Å². The Morgan fingerprint density at radius 3 is 2.62 bits per heavy atom. The van der Waals surface area contributed by atoms with Crippen LogP contribution >= 0.6 is 11.3 Å². The van der Waals surface area contributed by atoms with Gasteiger partial charge in [0.15, 0.2) is 5.13 Å². The zero-order valence-corrected chi connectivity index (χ0v) is 13.0. The summed E-state index contributed by atoms with van der Waals surface area (Å²) in [6, 6.07) is 6.11. The fourth-order valence-electron chi connectivity index (χ4n) is 2.65. The summed E-state index contributed by atoms with van der Waals surface area (Å²) in [7, 11) is 1.70. The third-order valence-corrected chi connectivity index (χ3v) is 4.65. The van der Waals surface area contributed by atoms with Crippen molar-refractivity contribution in [3.8, 4) is 5.75 Å². The summed E-state index contributed by atoms with van der Waals surface area (Å²) in [5.41, 5.74) is 8.22. The van der Waals surface area contributed by atoms with E-state index in [1.165, 1.54) is 11.3 Å². The molecule has 0 atom stereocenters. The van der Waals surface area contributed by atoms with Gasteiger partial charge >= 0.3 is 0 Å². The molecule has 0 bridgehead atoms. The zero-order valence-electron chi connectivity index (χ0n) is 12.2. The number of hydrogen-bond acceptors (Lipinski definition) is 6. The molecular weight excluding hydrogens is 284 g/mol. The highest BCUT2D eigenvalue weighted by molar-refractivity contribution is 7.13. The Kier molecular flexibility index (Phi) is 4.26. The first-order valence-corrected chi connectivity index (χ1v) is 7.96. The van der Waals surface area contributed by atoms with Crippen LogP contribution in [-0.4, -0.2) is 38.3 Å². The standard InChI is InChI=1S/C15H20N4OS/c1-20-13-3-2-12(11-16)14(10-13)18-5-7-19(8-6-18)15-17-4-9-21-15/h2-4,9-10H,5-8,11,16H2,1H3. The van der Waals surface area contributed by atoms with Gasteiger partial charge in [0.2, 0.25) is 0 Å². The average molecular weight is 304 g/mol. The lowest BCUT2D eigenvalue weighted by molar-refractivity contribution is 0.414. The molecular formula is C15H20N4OS. The number of rotatable bonds is 4. The van der Waals surface area contributed by atoms with Crippen molar-refractivity contribution in [1.29, 1.82) is 0 Å². The van der Waals surface area contributed by atoms with Crippen LogP contribution in [0.3, 0.4) is 0 Å². The third kappa shape index (κ3) is 2.96. The molecule has 1 fully saturated rings. The number of thiazole rings is 1. The fraction of sp³-hybridized carbons (Fsp3) is 0.400. The molecule has 0 amide bonds. The minimum atomic E-state index is 0.548. The van der Waals surface area contributed by atoms with Crippen LogP contribution in [0, 0.1) is 0 Å². The minimum Gasteiger partial charge on any atom is -0.497 e. The maximum atomic E-state index is 5.87. The number of nitrogens with zero attached hydrogens (tertiary/aromatic N) is 3. The van der Waals surface area contributed by atoms with E-state index < -0.39 is 0 Å². The second-order valence-electron chi connectivity index (χ2n) is 4.99. The van der Waals surface area contributed by atoms with E-state index in [0.717, 1.165) is 37.1 Å². The molecule has 3 rings (SSSR count). The topological polar surface area (TPSA) is 54.6 Å². The van der Waals surface area contributed by atoms with Crippen molar-refractivity contribution in [1.82, 2.24) is 4.98 Å². The van der Waals surface area contributed by atoms with Crippen LogP contribution in [0.25, 0.3) is 0 Å². The number of piperazine rings is 1. The maximum absolute atomic E-state index is 5.87. The molecule has 0 aliphatic carbocycles. The van der Waals surface area contributed by atoms with Crippen molar-refractivity contribution in [3.05, 3.63) is 35.3 Å².